The fraction of sp³-hybridized carbons (Fsp3) is 0.529. The molecule has 5 N–H and O–H groups in total. The second-order valence-corrected chi connectivity index (χ2v) is 8.09. The number of nitrogens with two attached hydrogens (primary N) is 1. The lowest BCUT2D eigenvalue weighted by molar-refractivity contribution is 0.102. The molecule has 1 atom stereocenters. The molecule has 0 radical (unpaired) electrons. The van der Waals surface area contributed by atoms with Crippen LogP contribution < -0.4 is 10.5 Å². The molecule has 1 aromatic rings. The van der Waals surface area contributed by atoms with E-state index in [4.69, 9.17) is 20.3 Å². The summed E-state index contributed by atoms with van der Waals surface area (Å²) in [5, 5.41) is 9.40. The maximum Gasteiger partial charge on any atom is 0.469 e. The topological polar surface area (TPSA) is 122 Å². The van der Waals surface area contributed by atoms with E-state index in [0.29, 0.717) is 19.4 Å². The maximum absolute atomic E-state index is 10.8. The molecule has 26 heavy (non-hydrogen) atoms. The first kappa shape index (κ1) is 23.6. The number of unbranched alkanes of at least 4 members (excludes halogenated alkanes) is 2. The fourth-order valence-corrected chi connectivity index (χ4v) is 2.96. The number of rotatable bonds is 13. The van der Waals surface area contributed by atoms with Crippen molar-refractivity contribution in [3.8, 4) is 5.75 Å². The standard InChI is InChI=1S/C17H27INO6P/c18-11-3-1-2-4-12-24-16-7-5-15(6-8-16)9-10-17(19,13-20)14-25-26(21,22)23/h3,5-8,11,20H,1-2,4,9-10,12-14,19H2,(H2,21,22,23)/b11-3+. The van der Waals surface area contributed by atoms with Gasteiger partial charge in [0.25, 0.3) is 0 Å². The molecule has 0 spiro atoms. The molecule has 0 amide bonds. The zero-order chi connectivity index (χ0) is 19.5. The quantitative estimate of drug-likeness (QED) is 0.187. The number of hydrogen-bond acceptors (Lipinski definition) is 5. The highest BCUT2D eigenvalue weighted by Crippen LogP contribution is 2.36. The zero-order valence-electron chi connectivity index (χ0n) is 14.6. The van der Waals surface area contributed by atoms with Gasteiger partial charge in [-0.3, -0.25) is 4.52 Å². The van der Waals surface area contributed by atoms with Crippen LogP contribution in [-0.4, -0.2) is 40.3 Å². The van der Waals surface area contributed by atoms with Gasteiger partial charge in [0.1, 0.15) is 5.75 Å². The Balaban J connectivity index is 2.39. The van der Waals surface area contributed by atoms with Gasteiger partial charge in [-0.25, -0.2) is 4.57 Å². The highest BCUT2D eigenvalue weighted by molar-refractivity contribution is 14.1. The summed E-state index contributed by atoms with van der Waals surface area (Å²) < 4.78 is 22.9. The molecule has 0 saturated heterocycles. The Hall–Kier alpha value is -0.480. The Labute approximate surface area is 168 Å². The van der Waals surface area contributed by atoms with Gasteiger partial charge in [0.2, 0.25) is 0 Å². The van der Waals surface area contributed by atoms with Gasteiger partial charge in [-0.1, -0.05) is 40.8 Å². The molecular weight excluding hydrogens is 472 g/mol. The normalized spacial score (nSPS) is 14.5. The van der Waals surface area contributed by atoms with Crippen LogP contribution in [0.1, 0.15) is 31.2 Å². The third-order valence-electron chi connectivity index (χ3n) is 3.79. The van der Waals surface area contributed by atoms with Crippen LogP contribution in [0.15, 0.2) is 34.4 Å². The van der Waals surface area contributed by atoms with Crippen molar-refractivity contribution < 1.29 is 28.7 Å². The summed E-state index contributed by atoms with van der Waals surface area (Å²) in [6, 6.07) is 7.58. The first-order valence-electron chi connectivity index (χ1n) is 8.35. The number of aliphatic hydroxyl groups is 1. The molecule has 1 rings (SSSR count). The highest BCUT2D eigenvalue weighted by atomic mass is 127. The van der Waals surface area contributed by atoms with Crippen molar-refractivity contribution >= 4 is 30.4 Å². The molecule has 0 saturated carbocycles. The lowest BCUT2D eigenvalue weighted by atomic mass is 9.94. The van der Waals surface area contributed by atoms with E-state index in [1.807, 2.05) is 28.3 Å². The Morgan fingerprint density at radius 1 is 1.23 bits per heavy atom. The number of phosphoric ester groups is 1. The third-order valence-corrected chi connectivity index (χ3v) is 4.77. The predicted octanol–water partition coefficient (Wildman–Crippen LogP) is 2.92. The molecule has 0 fully saturated rings. The summed E-state index contributed by atoms with van der Waals surface area (Å²) in [5.74, 6) is 0.796. The largest absolute Gasteiger partial charge is 0.494 e. The fourth-order valence-electron chi connectivity index (χ4n) is 2.17. The number of benzene rings is 1. The SMILES string of the molecule is NC(CO)(CCc1ccc(OCCCC/C=C/I)cc1)COP(=O)(O)O. The average molecular weight is 499 g/mol. The summed E-state index contributed by atoms with van der Waals surface area (Å²) in [6.07, 6.45) is 6.15. The number of phosphoric acid groups is 1. The van der Waals surface area contributed by atoms with Crippen LogP contribution in [0.2, 0.25) is 0 Å². The first-order valence-corrected chi connectivity index (χ1v) is 11.1. The van der Waals surface area contributed by atoms with Crippen molar-refractivity contribution in [1.29, 1.82) is 0 Å². The van der Waals surface area contributed by atoms with Crippen molar-refractivity contribution in [2.24, 2.45) is 5.73 Å². The van der Waals surface area contributed by atoms with Crippen molar-refractivity contribution in [3.63, 3.8) is 0 Å². The minimum atomic E-state index is -4.61. The Morgan fingerprint density at radius 2 is 1.92 bits per heavy atom. The molecule has 1 aromatic carbocycles. The Morgan fingerprint density at radius 3 is 2.50 bits per heavy atom. The van der Waals surface area contributed by atoms with Crippen LogP contribution in [0.4, 0.5) is 0 Å². The van der Waals surface area contributed by atoms with Gasteiger partial charge in [0, 0.05) is 0 Å². The van der Waals surface area contributed by atoms with E-state index in [1.165, 1.54) is 0 Å². The lowest BCUT2D eigenvalue weighted by Gasteiger charge is -2.27. The van der Waals surface area contributed by atoms with Gasteiger partial charge < -0.3 is 25.4 Å². The van der Waals surface area contributed by atoms with E-state index in [9.17, 15) is 9.67 Å². The maximum atomic E-state index is 10.8. The molecular formula is C17H27INO6P. The third kappa shape index (κ3) is 10.6. The van der Waals surface area contributed by atoms with Crippen LogP contribution >= 0.6 is 30.4 Å². The number of hydrogen-bond donors (Lipinski definition) is 4. The minimum absolute atomic E-state index is 0.327. The van der Waals surface area contributed by atoms with E-state index >= 15 is 0 Å². The van der Waals surface area contributed by atoms with E-state index in [0.717, 1.165) is 30.6 Å². The summed E-state index contributed by atoms with van der Waals surface area (Å²) in [6.45, 7) is -0.173. The number of aryl methyl sites for hydroxylation is 1. The number of aliphatic hydroxyl groups excluding tert-OH is 1. The minimum Gasteiger partial charge on any atom is -0.494 e. The van der Waals surface area contributed by atoms with E-state index in [1.54, 1.807) is 0 Å². The molecule has 148 valence electrons. The number of ether oxygens (including phenoxy) is 1. The molecule has 0 bridgehead atoms. The van der Waals surface area contributed by atoms with E-state index in [-0.39, 0.29) is 0 Å². The summed E-state index contributed by atoms with van der Waals surface area (Å²) in [7, 11) is -4.61. The lowest BCUT2D eigenvalue weighted by Crippen LogP contribution is -2.48. The molecule has 0 aromatic heterocycles. The van der Waals surface area contributed by atoms with Crippen molar-refractivity contribution in [2.45, 2.75) is 37.6 Å². The molecule has 9 heteroatoms. The molecule has 0 heterocycles. The van der Waals surface area contributed by atoms with Gasteiger partial charge in [-0.05, 0) is 53.9 Å². The van der Waals surface area contributed by atoms with Crippen LogP contribution in [0.5, 0.6) is 5.75 Å². The smallest absolute Gasteiger partial charge is 0.469 e. The molecule has 0 aliphatic carbocycles. The molecule has 1 unspecified atom stereocenters. The summed E-state index contributed by atoms with van der Waals surface area (Å²) in [5.41, 5.74) is 5.73. The molecule has 0 aliphatic heterocycles. The zero-order valence-corrected chi connectivity index (χ0v) is 17.6. The van der Waals surface area contributed by atoms with E-state index in [2.05, 4.69) is 33.2 Å². The van der Waals surface area contributed by atoms with Crippen molar-refractivity contribution in [2.75, 3.05) is 19.8 Å². The average Bonchev–Trinajstić information content (AvgIpc) is 2.61. The van der Waals surface area contributed by atoms with Crippen molar-refractivity contribution in [1.82, 2.24) is 0 Å². The monoisotopic (exact) mass is 499 g/mol. The van der Waals surface area contributed by atoms with E-state index < -0.39 is 26.6 Å². The Kier molecular flexibility index (Phi) is 10.9. The van der Waals surface area contributed by atoms with Gasteiger partial charge >= 0.3 is 7.82 Å². The summed E-state index contributed by atoms with van der Waals surface area (Å²) >= 11 is 2.21. The second-order valence-electron chi connectivity index (χ2n) is 6.13. The number of allylic oxidation sites excluding steroid dienone is 1. The Bertz CT molecular complexity index is 591. The predicted molar refractivity (Wildman–Crippen MR) is 109 cm³/mol. The second kappa shape index (κ2) is 12.1. The highest BCUT2D eigenvalue weighted by Gasteiger charge is 2.28. The summed E-state index contributed by atoms with van der Waals surface area (Å²) in [4.78, 5) is 17.5. The van der Waals surface area contributed by atoms with Gasteiger partial charge in [0.05, 0.1) is 25.4 Å². The van der Waals surface area contributed by atoms with Crippen LogP contribution in [0.3, 0.4) is 0 Å². The number of halogens is 1. The molecule has 0 aliphatic rings. The van der Waals surface area contributed by atoms with Gasteiger partial charge in [0.15, 0.2) is 0 Å². The van der Waals surface area contributed by atoms with Gasteiger partial charge in [-0.2, -0.15) is 0 Å². The van der Waals surface area contributed by atoms with Gasteiger partial charge in [-0.15, -0.1) is 0 Å². The van der Waals surface area contributed by atoms with Crippen LogP contribution in [0.25, 0.3) is 0 Å². The molecule has 7 nitrogen and oxygen atoms in total. The van der Waals surface area contributed by atoms with Crippen LogP contribution in [-0.2, 0) is 15.5 Å². The van der Waals surface area contributed by atoms with Crippen molar-refractivity contribution in [3.05, 3.63) is 40.0 Å². The first-order chi connectivity index (χ1) is 12.3. The van der Waals surface area contributed by atoms with Crippen LogP contribution in [0, 0.1) is 0 Å².